The maximum atomic E-state index is 12.8. The highest BCUT2D eigenvalue weighted by Crippen LogP contribution is 2.29. The number of rotatable bonds is 10. The van der Waals surface area contributed by atoms with E-state index < -0.39 is 29.5 Å². The van der Waals surface area contributed by atoms with E-state index in [0.29, 0.717) is 13.0 Å². The minimum absolute atomic E-state index is 0.191. The highest BCUT2D eigenvalue weighted by atomic mass is 16.6. The number of amides is 3. The predicted molar refractivity (Wildman–Crippen MR) is 118 cm³/mol. The molecular weight excluding hydrogens is 412 g/mol. The van der Waals surface area contributed by atoms with Crippen molar-refractivity contribution in [2.45, 2.75) is 56.8 Å². The lowest BCUT2D eigenvalue weighted by Crippen LogP contribution is -2.53. The van der Waals surface area contributed by atoms with Gasteiger partial charge in [-0.25, -0.2) is 0 Å². The molecule has 9 heteroatoms. The van der Waals surface area contributed by atoms with Crippen LogP contribution in [0.3, 0.4) is 0 Å². The van der Waals surface area contributed by atoms with Crippen LogP contribution >= 0.6 is 0 Å². The summed E-state index contributed by atoms with van der Waals surface area (Å²) in [7, 11) is 1.88. The van der Waals surface area contributed by atoms with Gasteiger partial charge in [-0.15, -0.1) is 0 Å². The number of ketones is 1. The lowest BCUT2D eigenvalue weighted by molar-refractivity contribution is -0.132. The Kier molecular flexibility index (Phi) is 7.63. The number of carbonyl (C=O) groups is 4. The third-order valence-corrected chi connectivity index (χ3v) is 6.03. The van der Waals surface area contributed by atoms with E-state index in [-0.39, 0.29) is 24.3 Å². The highest BCUT2D eigenvalue weighted by Gasteiger charge is 2.50. The molecule has 0 radical (unpaired) electrons. The molecule has 2 fully saturated rings. The van der Waals surface area contributed by atoms with E-state index in [9.17, 15) is 19.2 Å². The molecule has 0 bridgehead atoms. The van der Waals surface area contributed by atoms with E-state index in [4.69, 9.17) is 4.74 Å². The number of Topliss-reactive ketones (excluding diaryl/α,β-unsaturated/α-hetero) is 1. The molecule has 3 rings (SSSR count). The fraction of sp³-hybridized carbons (Fsp3) is 0.565. The molecule has 9 nitrogen and oxygen atoms in total. The first kappa shape index (κ1) is 23.9. The van der Waals surface area contributed by atoms with Crippen molar-refractivity contribution in [1.29, 1.82) is 0 Å². The summed E-state index contributed by atoms with van der Waals surface area (Å²) >= 11 is 0. The maximum absolute atomic E-state index is 12.8. The number of epoxide rings is 1. The standard InChI is InChI=1S/C23H32N4O5/c1-15(25-22(31)18-10-7-11-27(18)3)21(30)24-13-19(28)26-17(20(29)23(2)14-32-23)12-16-8-5-4-6-9-16/h4-6,8-9,15,17-18H,7,10-14H2,1-3H3,(H,24,30)(H,25,31)(H,26,28)/t15-,17-,18-,23+/m0/s1. The van der Waals surface area contributed by atoms with Crippen molar-refractivity contribution in [3.63, 3.8) is 0 Å². The van der Waals surface area contributed by atoms with Crippen molar-refractivity contribution in [3.05, 3.63) is 35.9 Å². The average Bonchev–Trinajstić information content (AvgIpc) is 3.38. The van der Waals surface area contributed by atoms with Crippen LogP contribution in [-0.2, 0) is 30.3 Å². The molecule has 2 aliphatic heterocycles. The number of hydrogen-bond acceptors (Lipinski definition) is 6. The first-order valence-electron chi connectivity index (χ1n) is 11.0. The Morgan fingerprint density at radius 1 is 1.19 bits per heavy atom. The molecule has 32 heavy (non-hydrogen) atoms. The van der Waals surface area contributed by atoms with Gasteiger partial charge in [0.05, 0.1) is 25.2 Å². The molecule has 2 aliphatic rings. The van der Waals surface area contributed by atoms with Crippen LogP contribution in [0.15, 0.2) is 30.3 Å². The Hall–Kier alpha value is -2.78. The Balaban J connectivity index is 1.50. The van der Waals surface area contributed by atoms with Crippen molar-refractivity contribution in [1.82, 2.24) is 20.9 Å². The SMILES string of the molecule is C[C@H](NC(=O)[C@@H]1CCCN1C)C(=O)NCC(=O)N[C@@H](Cc1ccccc1)C(=O)[C@@]1(C)CO1. The summed E-state index contributed by atoms with van der Waals surface area (Å²) < 4.78 is 5.26. The van der Waals surface area contributed by atoms with Crippen molar-refractivity contribution < 1.29 is 23.9 Å². The Morgan fingerprint density at radius 3 is 2.47 bits per heavy atom. The lowest BCUT2D eigenvalue weighted by atomic mass is 9.95. The molecule has 2 heterocycles. The van der Waals surface area contributed by atoms with Crippen LogP contribution in [-0.4, -0.2) is 78.9 Å². The number of hydrogen-bond donors (Lipinski definition) is 3. The smallest absolute Gasteiger partial charge is 0.242 e. The third-order valence-electron chi connectivity index (χ3n) is 6.03. The Bertz CT molecular complexity index is 855. The molecule has 3 amide bonds. The molecule has 0 aliphatic carbocycles. The van der Waals surface area contributed by atoms with E-state index in [1.165, 1.54) is 0 Å². The predicted octanol–water partition coefficient (Wildman–Crippen LogP) is -0.213. The van der Waals surface area contributed by atoms with Crippen LogP contribution in [0.4, 0.5) is 0 Å². The topological polar surface area (TPSA) is 120 Å². The van der Waals surface area contributed by atoms with Crippen LogP contribution in [0.2, 0.25) is 0 Å². The molecule has 1 aromatic carbocycles. The number of ether oxygens (including phenoxy) is 1. The van der Waals surface area contributed by atoms with Crippen molar-refractivity contribution >= 4 is 23.5 Å². The molecule has 0 unspecified atom stereocenters. The van der Waals surface area contributed by atoms with Crippen LogP contribution in [0.1, 0.15) is 32.3 Å². The fourth-order valence-electron chi connectivity index (χ4n) is 3.86. The van der Waals surface area contributed by atoms with Gasteiger partial charge in [0.1, 0.15) is 11.6 Å². The van der Waals surface area contributed by atoms with Gasteiger partial charge in [-0.1, -0.05) is 30.3 Å². The number of carbonyl (C=O) groups excluding carboxylic acids is 4. The van der Waals surface area contributed by atoms with Gasteiger partial charge in [-0.3, -0.25) is 24.1 Å². The molecule has 0 spiro atoms. The van der Waals surface area contributed by atoms with Crippen molar-refractivity contribution in [2.75, 3.05) is 26.7 Å². The summed E-state index contributed by atoms with van der Waals surface area (Å²) in [5.74, 6) is -1.32. The molecule has 0 saturated carbocycles. The molecule has 1 aromatic rings. The summed E-state index contributed by atoms with van der Waals surface area (Å²) in [4.78, 5) is 51.9. The van der Waals surface area contributed by atoms with E-state index in [1.807, 2.05) is 42.3 Å². The molecule has 3 N–H and O–H groups in total. The molecule has 2 saturated heterocycles. The van der Waals surface area contributed by atoms with Crippen LogP contribution in [0.5, 0.6) is 0 Å². The van der Waals surface area contributed by atoms with E-state index in [2.05, 4.69) is 16.0 Å². The number of nitrogens with one attached hydrogen (secondary N) is 3. The third kappa shape index (κ3) is 6.14. The van der Waals surface area contributed by atoms with Gasteiger partial charge < -0.3 is 20.7 Å². The molecular formula is C23H32N4O5. The minimum atomic E-state index is -0.873. The first-order chi connectivity index (χ1) is 15.2. The summed E-state index contributed by atoms with van der Waals surface area (Å²) in [5.41, 5.74) is 0.0370. The second-order valence-corrected chi connectivity index (χ2v) is 8.78. The van der Waals surface area contributed by atoms with Crippen LogP contribution < -0.4 is 16.0 Å². The minimum Gasteiger partial charge on any atom is -0.361 e. The van der Waals surface area contributed by atoms with Gasteiger partial charge in [0.25, 0.3) is 0 Å². The van der Waals surface area contributed by atoms with Gasteiger partial charge in [0, 0.05) is 0 Å². The van der Waals surface area contributed by atoms with Gasteiger partial charge in [-0.05, 0) is 52.3 Å². The van der Waals surface area contributed by atoms with Crippen molar-refractivity contribution in [3.8, 4) is 0 Å². The molecule has 4 atom stereocenters. The maximum Gasteiger partial charge on any atom is 0.242 e. The van der Waals surface area contributed by atoms with Gasteiger partial charge in [0.2, 0.25) is 17.7 Å². The first-order valence-corrected chi connectivity index (χ1v) is 11.0. The van der Waals surface area contributed by atoms with Gasteiger partial charge >= 0.3 is 0 Å². The highest BCUT2D eigenvalue weighted by molar-refractivity contribution is 5.97. The molecule has 0 aromatic heterocycles. The Labute approximate surface area is 188 Å². The second-order valence-electron chi connectivity index (χ2n) is 8.78. The quantitative estimate of drug-likeness (QED) is 0.430. The number of benzene rings is 1. The van der Waals surface area contributed by atoms with Crippen LogP contribution in [0.25, 0.3) is 0 Å². The van der Waals surface area contributed by atoms with E-state index >= 15 is 0 Å². The monoisotopic (exact) mass is 444 g/mol. The van der Waals surface area contributed by atoms with Crippen molar-refractivity contribution in [2.24, 2.45) is 0 Å². The second kappa shape index (κ2) is 10.2. The number of nitrogens with zero attached hydrogens (tertiary/aromatic N) is 1. The summed E-state index contributed by atoms with van der Waals surface area (Å²) in [6.45, 7) is 4.17. The summed E-state index contributed by atoms with van der Waals surface area (Å²) in [5, 5.41) is 7.95. The number of likely N-dealkylation sites (N-methyl/N-ethyl adjacent to an activating group) is 1. The number of likely N-dealkylation sites (tertiary alicyclic amines) is 1. The van der Waals surface area contributed by atoms with Gasteiger partial charge in [-0.2, -0.15) is 0 Å². The zero-order valence-electron chi connectivity index (χ0n) is 18.8. The average molecular weight is 445 g/mol. The summed E-state index contributed by atoms with van der Waals surface area (Å²) in [6, 6.07) is 7.62. The zero-order chi connectivity index (χ0) is 23.3. The van der Waals surface area contributed by atoms with Gasteiger partial charge in [0.15, 0.2) is 5.78 Å². The van der Waals surface area contributed by atoms with Crippen LogP contribution in [0, 0.1) is 0 Å². The summed E-state index contributed by atoms with van der Waals surface area (Å²) in [6.07, 6.45) is 2.04. The van der Waals surface area contributed by atoms with E-state index in [0.717, 1.165) is 24.9 Å². The largest absolute Gasteiger partial charge is 0.361 e. The fourth-order valence-corrected chi connectivity index (χ4v) is 3.86. The Morgan fingerprint density at radius 2 is 1.88 bits per heavy atom. The normalized spacial score (nSPS) is 24.3. The molecule has 174 valence electrons. The zero-order valence-corrected chi connectivity index (χ0v) is 18.8. The lowest BCUT2D eigenvalue weighted by Gasteiger charge is -2.22. The van der Waals surface area contributed by atoms with E-state index in [1.54, 1.807) is 13.8 Å².